The standard InChI is InChI=1S/C25H24N2O4/c1-30-21-13-17(7-12-20(21)31-15-16-5-3-2-4-6-16)14-26-27-24(28)22-18-8-9-19(11-10-18)23(22)25(27)29/h2-9,12-14,18-19,22-23H,10-11,15H2,1H3/b26-14-/t18-,19-,22-,23+/m1/s1. The van der Waals surface area contributed by atoms with Crippen molar-refractivity contribution in [3.8, 4) is 11.5 Å². The van der Waals surface area contributed by atoms with Gasteiger partial charge in [-0.3, -0.25) is 9.59 Å². The van der Waals surface area contributed by atoms with Gasteiger partial charge in [0.2, 0.25) is 0 Å². The number of amides is 2. The highest BCUT2D eigenvalue weighted by molar-refractivity contribution is 6.06. The molecule has 2 fully saturated rings. The van der Waals surface area contributed by atoms with Crippen molar-refractivity contribution in [1.82, 2.24) is 5.01 Å². The van der Waals surface area contributed by atoms with Crippen LogP contribution in [0, 0.1) is 23.7 Å². The Kier molecular flexibility index (Phi) is 5.06. The van der Waals surface area contributed by atoms with E-state index in [0.29, 0.717) is 18.1 Å². The minimum Gasteiger partial charge on any atom is -0.493 e. The first kappa shape index (κ1) is 19.5. The molecule has 158 valence electrons. The number of carbonyl (C=O) groups is 2. The molecule has 1 heterocycles. The molecule has 6 rings (SSSR count). The van der Waals surface area contributed by atoms with Crippen LogP contribution in [0.5, 0.6) is 11.5 Å². The lowest BCUT2D eigenvalue weighted by Gasteiger charge is -2.37. The third-order valence-electron chi connectivity index (χ3n) is 6.48. The van der Waals surface area contributed by atoms with E-state index >= 15 is 0 Å². The van der Waals surface area contributed by atoms with Crippen molar-refractivity contribution in [1.29, 1.82) is 0 Å². The van der Waals surface area contributed by atoms with Crippen LogP contribution in [0.3, 0.4) is 0 Å². The largest absolute Gasteiger partial charge is 0.493 e. The maximum atomic E-state index is 12.9. The van der Waals surface area contributed by atoms with Gasteiger partial charge in [0, 0.05) is 0 Å². The molecule has 1 aliphatic heterocycles. The first-order valence-corrected chi connectivity index (χ1v) is 10.6. The Morgan fingerprint density at radius 1 is 0.968 bits per heavy atom. The Hall–Kier alpha value is -3.41. The number of hydrazone groups is 1. The Balaban J connectivity index is 1.31. The molecule has 31 heavy (non-hydrogen) atoms. The van der Waals surface area contributed by atoms with E-state index in [0.717, 1.165) is 29.0 Å². The molecular formula is C25H24N2O4. The summed E-state index contributed by atoms with van der Waals surface area (Å²) in [5, 5.41) is 5.33. The zero-order valence-corrected chi connectivity index (χ0v) is 17.3. The average Bonchev–Trinajstić information content (AvgIpc) is 3.09. The molecule has 0 N–H and O–H groups in total. The van der Waals surface area contributed by atoms with Crippen LogP contribution in [0.4, 0.5) is 0 Å². The van der Waals surface area contributed by atoms with Crippen molar-refractivity contribution < 1.29 is 19.1 Å². The number of nitrogens with zero attached hydrogens (tertiary/aromatic N) is 2. The number of allylic oxidation sites excluding steroid dienone is 2. The van der Waals surface area contributed by atoms with Gasteiger partial charge in [-0.05, 0) is 54.0 Å². The van der Waals surface area contributed by atoms with Crippen LogP contribution in [0.2, 0.25) is 0 Å². The van der Waals surface area contributed by atoms with Gasteiger partial charge in [-0.15, -0.1) is 0 Å². The topological polar surface area (TPSA) is 68.2 Å². The van der Waals surface area contributed by atoms with Crippen molar-refractivity contribution in [2.45, 2.75) is 19.4 Å². The van der Waals surface area contributed by atoms with Crippen LogP contribution in [-0.4, -0.2) is 30.1 Å². The van der Waals surface area contributed by atoms with Gasteiger partial charge >= 0.3 is 0 Å². The zero-order valence-electron chi connectivity index (χ0n) is 17.3. The van der Waals surface area contributed by atoms with E-state index < -0.39 is 0 Å². The van der Waals surface area contributed by atoms with E-state index in [-0.39, 0.29) is 35.5 Å². The fraction of sp³-hybridized carbons (Fsp3) is 0.320. The van der Waals surface area contributed by atoms with Crippen molar-refractivity contribution in [2.75, 3.05) is 7.11 Å². The molecule has 2 amide bonds. The summed E-state index contributed by atoms with van der Waals surface area (Å²) in [7, 11) is 1.58. The number of hydrogen-bond acceptors (Lipinski definition) is 5. The van der Waals surface area contributed by atoms with Gasteiger partial charge in [-0.25, -0.2) is 0 Å². The quantitative estimate of drug-likeness (QED) is 0.408. The molecule has 0 spiro atoms. The first-order chi connectivity index (χ1) is 15.2. The zero-order chi connectivity index (χ0) is 21.4. The van der Waals surface area contributed by atoms with Gasteiger partial charge in [0.05, 0.1) is 25.2 Å². The Morgan fingerprint density at radius 3 is 2.26 bits per heavy atom. The van der Waals surface area contributed by atoms with Gasteiger partial charge in [-0.1, -0.05) is 42.5 Å². The maximum absolute atomic E-state index is 12.9. The van der Waals surface area contributed by atoms with Crippen LogP contribution in [0.1, 0.15) is 24.0 Å². The summed E-state index contributed by atoms with van der Waals surface area (Å²) in [6.07, 6.45) is 7.69. The predicted molar refractivity (Wildman–Crippen MR) is 116 cm³/mol. The molecule has 0 unspecified atom stereocenters. The SMILES string of the molecule is COc1cc(/C=N\N2C(=O)[C@@H]3[C@H](C2=O)[C@@H]2C=C[C@@H]3CC2)ccc1OCc1ccccc1. The molecule has 6 nitrogen and oxygen atoms in total. The number of imide groups is 1. The van der Waals surface area contributed by atoms with Gasteiger partial charge < -0.3 is 9.47 Å². The molecule has 6 heteroatoms. The summed E-state index contributed by atoms with van der Waals surface area (Å²) in [5.74, 6) is 0.634. The molecule has 4 atom stereocenters. The summed E-state index contributed by atoms with van der Waals surface area (Å²) in [5.41, 5.74) is 1.78. The summed E-state index contributed by atoms with van der Waals surface area (Å²) >= 11 is 0. The summed E-state index contributed by atoms with van der Waals surface area (Å²) in [6.45, 7) is 0.431. The lowest BCUT2D eigenvalue weighted by molar-refractivity contribution is -0.140. The van der Waals surface area contributed by atoms with Gasteiger partial charge in [0.15, 0.2) is 11.5 Å². The molecule has 2 aromatic carbocycles. The summed E-state index contributed by atoms with van der Waals surface area (Å²) in [6, 6.07) is 15.3. The fourth-order valence-electron chi connectivity index (χ4n) is 4.92. The normalized spacial score (nSPS) is 26.5. The van der Waals surface area contributed by atoms with E-state index in [1.807, 2.05) is 36.4 Å². The van der Waals surface area contributed by atoms with E-state index in [1.165, 1.54) is 6.21 Å². The first-order valence-electron chi connectivity index (χ1n) is 10.6. The lowest BCUT2D eigenvalue weighted by Crippen LogP contribution is -2.38. The molecule has 3 aliphatic carbocycles. The molecule has 0 aromatic heterocycles. The van der Waals surface area contributed by atoms with Crippen molar-refractivity contribution >= 4 is 18.0 Å². The molecule has 0 radical (unpaired) electrons. The molecular weight excluding hydrogens is 392 g/mol. The van der Waals surface area contributed by atoms with Crippen molar-refractivity contribution in [3.05, 3.63) is 71.8 Å². The van der Waals surface area contributed by atoms with Crippen LogP contribution < -0.4 is 9.47 Å². The highest BCUT2D eigenvalue weighted by Gasteiger charge is 2.56. The van der Waals surface area contributed by atoms with Crippen molar-refractivity contribution in [2.24, 2.45) is 28.8 Å². The number of rotatable bonds is 6. The number of benzene rings is 2. The van der Waals surface area contributed by atoms with Gasteiger partial charge in [0.25, 0.3) is 11.8 Å². The number of hydrogen-bond donors (Lipinski definition) is 0. The van der Waals surface area contributed by atoms with Crippen LogP contribution in [0.15, 0.2) is 65.8 Å². The monoisotopic (exact) mass is 416 g/mol. The van der Waals surface area contributed by atoms with Gasteiger partial charge in [0.1, 0.15) is 6.61 Å². The highest BCUT2D eigenvalue weighted by atomic mass is 16.5. The van der Waals surface area contributed by atoms with Crippen LogP contribution in [0.25, 0.3) is 0 Å². The third kappa shape index (κ3) is 3.52. The fourth-order valence-corrected chi connectivity index (χ4v) is 4.92. The minimum atomic E-state index is -0.253. The molecule has 1 saturated carbocycles. The third-order valence-corrected chi connectivity index (χ3v) is 6.48. The second-order valence-corrected chi connectivity index (χ2v) is 8.26. The second-order valence-electron chi connectivity index (χ2n) is 8.26. The smallest absolute Gasteiger partial charge is 0.254 e. The number of ether oxygens (including phenoxy) is 2. The van der Waals surface area contributed by atoms with E-state index in [4.69, 9.17) is 9.47 Å². The van der Waals surface area contributed by atoms with Crippen molar-refractivity contribution in [3.63, 3.8) is 0 Å². The van der Waals surface area contributed by atoms with E-state index in [9.17, 15) is 9.59 Å². The van der Waals surface area contributed by atoms with Crippen LogP contribution in [-0.2, 0) is 16.2 Å². The second kappa shape index (κ2) is 8.02. The Labute approximate surface area is 181 Å². The summed E-state index contributed by atoms with van der Waals surface area (Å²) in [4.78, 5) is 25.7. The lowest BCUT2D eigenvalue weighted by atomic mass is 9.63. The number of carbonyl (C=O) groups excluding carboxylic acids is 2. The minimum absolute atomic E-state index is 0.160. The van der Waals surface area contributed by atoms with Gasteiger partial charge in [-0.2, -0.15) is 10.1 Å². The van der Waals surface area contributed by atoms with E-state index in [2.05, 4.69) is 17.3 Å². The molecule has 1 saturated heterocycles. The Bertz CT molecular complexity index is 1030. The molecule has 2 bridgehead atoms. The summed E-state index contributed by atoms with van der Waals surface area (Å²) < 4.78 is 11.3. The molecule has 4 aliphatic rings. The Morgan fingerprint density at radius 2 is 1.65 bits per heavy atom. The molecule has 2 aromatic rings. The maximum Gasteiger partial charge on any atom is 0.254 e. The average molecular weight is 416 g/mol. The van der Waals surface area contributed by atoms with Crippen LogP contribution >= 0.6 is 0 Å². The predicted octanol–water partition coefficient (Wildman–Crippen LogP) is 3.81. The highest BCUT2D eigenvalue weighted by Crippen LogP contribution is 2.49. The number of fused-ring (bicyclic) bond motifs is 1. The number of methoxy groups -OCH3 is 1. The van der Waals surface area contributed by atoms with E-state index in [1.54, 1.807) is 19.2 Å².